The van der Waals surface area contributed by atoms with Gasteiger partial charge in [0.1, 0.15) is 12.4 Å². The highest BCUT2D eigenvalue weighted by molar-refractivity contribution is 6.35. The van der Waals surface area contributed by atoms with Crippen LogP contribution in [-0.2, 0) is 13.2 Å². The zero-order valence-electron chi connectivity index (χ0n) is 10.2. The Morgan fingerprint density at radius 2 is 1.80 bits per heavy atom. The van der Waals surface area contributed by atoms with Gasteiger partial charge in [0.25, 0.3) is 0 Å². The summed E-state index contributed by atoms with van der Waals surface area (Å²) in [6, 6.07) is 6.46. The summed E-state index contributed by atoms with van der Waals surface area (Å²) >= 11 is 11.8. The lowest BCUT2D eigenvalue weighted by Gasteiger charge is -2.12. The van der Waals surface area contributed by atoms with Crippen molar-refractivity contribution >= 4 is 23.2 Å². The summed E-state index contributed by atoms with van der Waals surface area (Å²) in [6.45, 7) is -0.307. The Morgan fingerprint density at radius 3 is 2.45 bits per heavy atom. The van der Waals surface area contributed by atoms with Crippen LogP contribution in [0.1, 0.15) is 11.1 Å². The highest BCUT2D eigenvalue weighted by atomic mass is 35.5. The van der Waals surface area contributed by atoms with Crippen LogP contribution in [0, 0.1) is 11.6 Å². The number of aliphatic hydroxyl groups is 1. The first-order valence-corrected chi connectivity index (χ1v) is 6.42. The molecule has 106 valence electrons. The molecule has 2 aromatic rings. The average molecular weight is 319 g/mol. The van der Waals surface area contributed by atoms with E-state index in [0.717, 1.165) is 12.1 Å². The second kappa shape index (κ2) is 6.39. The largest absolute Gasteiger partial charge is 0.487 e. The number of hydrogen-bond acceptors (Lipinski definition) is 2. The molecule has 20 heavy (non-hydrogen) atoms. The molecule has 0 bridgehead atoms. The third kappa shape index (κ3) is 3.39. The van der Waals surface area contributed by atoms with E-state index >= 15 is 0 Å². The number of halogens is 4. The molecule has 0 aromatic heterocycles. The minimum Gasteiger partial charge on any atom is -0.487 e. The number of ether oxygens (including phenoxy) is 1. The molecule has 0 heterocycles. The Kier molecular flexibility index (Phi) is 4.81. The Hall–Kier alpha value is -1.36. The fraction of sp³-hybridized carbons (Fsp3) is 0.143. The van der Waals surface area contributed by atoms with Gasteiger partial charge in [0.15, 0.2) is 11.6 Å². The van der Waals surface area contributed by atoms with Crippen molar-refractivity contribution in [2.75, 3.05) is 0 Å². The number of aliphatic hydroxyl groups excluding tert-OH is 1. The number of rotatable bonds is 4. The average Bonchev–Trinajstić information content (AvgIpc) is 2.40. The van der Waals surface area contributed by atoms with E-state index in [1.807, 2.05) is 0 Å². The van der Waals surface area contributed by atoms with E-state index < -0.39 is 11.6 Å². The second-order valence-corrected chi connectivity index (χ2v) is 4.91. The molecular formula is C14H10Cl2F2O2. The molecule has 0 unspecified atom stereocenters. The molecule has 0 spiro atoms. The van der Waals surface area contributed by atoms with Gasteiger partial charge in [-0.15, -0.1) is 0 Å². The van der Waals surface area contributed by atoms with Gasteiger partial charge in [0.2, 0.25) is 0 Å². The lowest BCUT2D eigenvalue weighted by molar-refractivity contribution is 0.259. The Labute approximate surface area is 124 Å². The van der Waals surface area contributed by atoms with Crippen LogP contribution in [0.2, 0.25) is 10.0 Å². The van der Waals surface area contributed by atoms with Crippen molar-refractivity contribution in [3.05, 3.63) is 63.1 Å². The SMILES string of the molecule is OCc1cc(Cl)cc(Cl)c1OCc1ccc(F)c(F)c1. The van der Waals surface area contributed by atoms with Gasteiger partial charge in [-0.3, -0.25) is 0 Å². The number of hydrogen-bond donors (Lipinski definition) is 1. The lowest BCUT2D eigenvalue weighted by atomic mass is 10.2. The Balaban J connectivity index is 2.20. The van der Waals surface area contributed by atoms with Crippen molar-refractivity contribution in [3.63, 3.8) is 0 Å². The first kappa shape index (κ1) is 15.0. The van der Waals surface area contributed by atoms with Gasteiger partial charge in [0, 0.05) is 10.6 Å². The molecule has 2 nitrogen and oxygen atoms in total. The summed E-state index contributed by atoms with van der Waals surface area (Å²) in [5, 5.41) is 9.85. The molecule has 0 aliphatic heterocycles. The van der Waals surface area contributed by atoms with Crippen LogP contribution in [0.5, 0.6) is 5.75 Å². The van der Waals surface area contributed by atoms with Crippen LogP contribution in [0.3, 0.4) is 0 Å². The summed E-state index contributed by atoms with van der Waals surface area (Å²) in [5.74, 6) is -1.60. The van der Waals surface area contributed by atoms with Gasteiger partial charge in [-0.2, -0.15) is 0 Å². The van der Waals surface area contributed by atoms with E-state index in [4.69, 9.17) is 27.9 Å². The quantitative estimate of drug-likeness (QED) is 0.908. The Bertz CT molecular complexity index is 633. The molecule has 0 atom stereocenters. The van der Waals surface area contributed by atoms with Crippen LogP contribution >= 0.6 is 23.2 Å². The van der Waals surface area contributed by atoms with E-state index in [1.54, 1.807) is 0 Å². The van der Waals surface area contributed by atoms with Gasteiger partial charge >= 0.3 is 0 Å². The van der Waals surface area contributed by atoms with E-state index in [2.05, 4.69) is 0 Å². The van der Waals surface area contributed by atoms with Gasteiger partial charge in [0.05, 0.1) is 11.6 Å². The third-order valence-electron chi connectivity index (χ3n) is 2.62. The molecule has 0 radical (unpaired) electrons. The van der Waals surface area contributed by atoms with Crippen LogP contribution in [0.25, 0.3) is 0 Å². The van der Waals surface area contributed by atoms with Crippen LogP contribution in [0.15, 0.2) is 30.3 Å². The normalized spacial score (nSPS) is 10.7. The zero-order chi connectivity index (χ0) is 14.7. The molecular weight excluding hydrogens is 309 g/mol. The standard InChI is InChI=1S/C14H10Cl2F2O2/c15-10-4-9(6-19)14(11(16)5-10)20-7-8-1-2-12(17)13(18)3-8/h1-5,19H,6-7H2. The predicted octanol–water partition coefficient (Wildman–Crippen LogP) is 4.34. The van der Waals surface area contributed by atoms with E-state index in [9.17, 15) is 13.9 Å². The smallest absolute Gasteiger partial charge is 0.159 e. The molecule has 0 saturated carbocycles. The molecule has 0 amide bonds. The summed E-state index contributed by atoms with van der Waals surface area (Å²) in [6.07, 6.45) is 0. The van der Waals surface area contributed by atoms with Crippen LogP contribution < -0.4 is 4.74 Å². The molecule has 2 aromatic carbocycles. The second-order valence-electron chi connectivity index (χ2n) is 4.07. The zero-order valence-corrected chi connectivity index (χ0v) is 11.7. The lowest BCUT2D eigenvalue weighted by Crippen LogP contribution is -2.01. The van der Waals surface area contributed by atoms with Crippen LogP contribution in [-0.4, -0.2) is 5.11 Å². The monoisotopic (exact) mass is 318 g/mol. The van der Waals surface area contributed by atoms with E-state index in [0.29, 0.717) is 16.1 Å². The van der Waals surface area contributed by atoms with Crippen molar-refractivity contribution in [2.24, 2.45) is 0 Å². The summed E-state index contributed by atoms with van der Waals surface area (Å²) in [4.78, 5) is 0. The van der Waals surface area contributed by atoms with Gasteiger partial charge in [-0.1, -0.05) is 29.3 Å². The molecule has 0 aliphatic carbocycles. The van der Waals surface area contributed by atoms with Gasteiger partial charge in [-0.25, -0.2) is 8.78 Å². The van der Waals surface area contributed by atoms with E-state index in [-0.39, 0.29) is 24.0 Å². The summed E-state index contributed by atoms with van der Waals surface area (Å²) in [7, 11) is 0. The van der Waals surface area contributed by atoms with Crippen molar-refractivity contribution in [3.8, 4) is 5.75 Å². The highest BCUT2D eigenvalue weighted by Gasteiger charge is 2.11. The number of benzene rings is 2. The van der Waals surface area contributed by atoms with Gasteiger partial charge in [-0.05, 0) is 29.8 Å². The maximum atomic E-state index is 13.1. The third-order valence-corrected chi connectivity index (χ3v) is 3.12. The van der Waals surface area contributed by atoms with Crippen molar-refractivity contribution in [2.45, 2.75) is 13.2 Å². The molecule has 0 saturated heterocycles. The first-order valence-electron chi connectivity index (χ1n) is 5.66. The predicted molar refractivity (Wildman–Crippen MR) is 73.1 cm³/mol. The fourth-order valence-corrected chi connectivity index (χ4v) is 2.27. The van der Waals surface area contributed by atoms with Gasteiger partial charge < -0.3 is 9.84 Å². The summed E-state index contributed by atoms with van der Waals surface area (Å²) in [5.41, 5.74) is 0.865. The molecule has 6 heteroatoms. The topological polar surface area (TPSA) is 29.5 Å². The maximum absolute atomic E-state index is 13.1. The van der Waals surface area contributed by atoms with Crippen LogP contribution in [0.4, 0.5) is 8.78 Å². The minimum atomic E-state index is -0.948. The minimum absolute atomic E-state index is 0.00838. The van der Waals surface area contributed by atoms with Crippen molar-refractivity contribution < 1.29 is 18.6 Å². The molecule has 0 fully saturated rings. The summed E-state index contributed by atoms with van der Waals surface area (Å²) < 4.78 is 31.3. The maximum Gasteiger partial charge on any atom is 0.159 e. The molecule has 0 aliphatic rings. The molecule has 2 rings (SSSR count). The fourth-order valence-electron chi connectivity index (χ4n) is 1.68. The Morgan fingerprint density at radius 1 is 1.05 bits per heavy atom. The first-order chi connectivity index (χ1) is 9.51. The van der Waals surface area contributed by atoms with E-state index in [1.165, 1.54) is 18.2 Å². The van der Waals surface area contributed by atoms with Crippen molar-refractivity contribution in [1.82, 2.24) is 0 Å². The van der Waals surface area contributed by atoms with Crippen molar-refractivity contribution in [1.29, 1.82) is 0 Å². The highest BCUT2D eigenvalue weighted by Crippen LogP contribution is 2.33. The molecule has 1 N–H and O–H groups in total.